The zero-order chi connectivity index (χ0) is 12.6. The maximum Gasteiger partial charge on any atom is 0.260 e. The van der Waals surface area contributed by atoms with Gasteiger partial charge < -0.3 is 14.9 Å². The van der Waals surface area contributed by atoms with Crippen LogP contribution in [0.4, 0.5) is 0 Å². The Balaban J connectivity index is 1.91. The van der Waals surface area contributed by atoms with E-state index in [0.29, 0.717) is 29.5 Å². The summed E-state index contributed by atoms with van der Waals surface area (Å²) in [6, 6.07) is 3.40. The summed E-state index contributed by atoms with van der Waals surface area (Å²) < 4.78 is 5.11. The van der Waals surface area contributed by atoms with Crippen molar-refractivity contribution < 1.29 is 9.63 Å². The molecule has 2 aromatic heterocycles. The predicted octanol–water partition coefficient (Wildman–Crippen LogP) is 0.966. The quantitative estimate of drug-likeness (QED) is 0.843. The summed E-state index contributed by atoms with van der Waals surface area (Å²) >= 11 is 5.76. The van der Waals surface area contributed by atoms with Gasteiger partial charge in [-0.3, -0.25) is 4.98 Å². The number of pyridine rings is 1. The van der Waals surface area contributed by atoms with Crippen molar-refractivity contribution in [2.24, 2.45) is 0 Å². The van der Waals surface area contributed by atoms with Gasteiger partial charge in [0.05, 0.1) is 5.02 Å². The van der Waals surface area contributed by atoms with Crippen LogP contribution in [0.5, 0.6) is 0 Å². The third-order valence-corrected chi connectivity index (χ3v) is 3.14. The van der Waals surface area contributed by atoms with Gasteiger partial charge in [-0.1, -0.05) is 16.8 Å². The summed E-state index contributed by atoms with van der Waals surface area (Å²) in [5.41, 5.74) is -0.513. The molecule has 0 aliphatic carbocycles. The van der Waals surface area contributed by atoms with Gasteiger partial charge in [-0.15, -0.1) is 0 Å². The van der Waals surface area contributed by atoms with Crippen LogP contribution in [0.15, 0.2) is 22.9 Å². The van der Waals surface area contributed by atoms with Crippen molar-refractivity contribution in [3.05, 3.63) is 29.2 Å². The monoisotopic (exact) mass is 266 g/mol. The molecule has 94 valence electrons. The van der Waals surface area contributed by atoms with Crippen molar-refractivity contribution in [2.75, 3.05) is 13.1 Å². The summed E-state index contributed by atoms with van der Waals surface area (Å²) in [4.78, 5) is 8.29. The third-order valence-electron chi connectivity index (χ3n) is 2.91. The van der Waals surface area contributed by atoms with E-state index in [1.165, 1.54) is 6.20 Å². The second-order valence-corrected chi connectivity index (χ2v) is 4.68. The SMILES string of the molecule is OC1(c2nc(-c3ccc(Cl)cn3)no2)CCNC1. The standard InChI is InChI=1S/C11H11ClN4O2/c12-7-1-2-8(14-5-7)9-15-10(18-16-9)11(17)3-4-13-6-11/h1-2,5,13,17H,3-4,6H2. The number of β-amino-alcohol motifs (C(OH)–C–C–N with tert-alkyl or cyclic N) is 1. The predicted molar refractivity (Wildman–Crippen MR) is 63.9 cm³/mol. The first-order valence-electron chi connectivity index (χ1n) is 5.57. The topological polar surface area (TPSA) is 84.1 Å². The van der Waals surface area contributed by atoms with Gasteiger partial charge in [-0.05, 0) is 25.1 Å². The van der Waals surface area contributed by atoms with Crippen LogP contribution in [0.1, 0.15) is 12.3 Å². The number of hydrogen-bond acceptors (Lipinski definition) is 6. The number of nitrogens with zero attached hydrogens (tertiary/aromatic N) is 3. The van der Waals surface area contributed by atoms with E-state index in [4.69, 9.17) is 16.1 Å². The fourth-order valence-corrected chi connectivity index (χ4v) is 2.00. The Morgan fingerprint density at radius 2 is 2.33 bits per heavy atom. The lowest BCUT2D eigenvalue weighted by Crippen LogP contribution is -2.28. The Kier molecular flexibility index (Phi) is 2.77. The Morgan fingerprint density at radius 1 is 1.44 bits per heavy atom. The summed E-state index contributed by atoms with van der Waals surface area (Å²) in [7, 11) is 0. The number of aliphatic hydroxyl groups is 1. The molecule has 0 amide bonds. The summed E-state index contributed by atoms with van der Waals surface area (Å²) in [5, 5.41) is 17.7. The molecule has 3 rings (SSSR count). The molecule has 1 atom stereocenters. The minimum absolute atomic E-state index is 0.222. The normalized spacial score (nSPS) is 23.4. The molecule has 1 aliphatic rings. The second kappa shape index (κ2) is 4.31. The number of halogens is 1. The zero-order valence-corrected chi connectivity index (χ0v) is 10.2. The average molecular weight is 267 g/mol. The highest BCUT2D eigenvalue weighted by molar-refractivity contribution is 6.30. The van der Waals surface area contributed by atoms with Gasteiger partial charge in [0.2, 0.25) is 5.82 Å². The van der Waals surface area contributed by atoms with Crippen molar-refractivity contribution >= 4 is 11.6 Å². The minimum atomic E-state index is -1.07. The van der Waals surface area contributed by atoms with E-state index in [-0.39, 0.29) is 5.89 Å². The molecule has 1 saturated heterocycles. The molecule has 1 unspecified atom stereocenters. The van der Waals surface area contributed by atoms with E-state index in [1.807, 2.05) is 0 Å². The highest BCUT2D eigenvalue weighted by Crippen LogP contribution is 2.27. The molecule has 7 heteroatoms. The van der Waals surface area contributed by atoms with Crippen LogP contribution in [-0.2, 0) is 5.60 Å². The zero-order valence-electron chi connectivity index (χ0n) is 9.43. The number of hydrogen-bond donors (Lipinski definition) is 2. The lowest BCUT2D eigenvalue weighted by Gasteiger charge is -2.14. The van der Waals surface area contributed by atoms with Crippen LogP contribution in [0, 0.1) is 0 Å². The van der Waals surface area contributed by atoms with E-state index in [1.54, 1.807) is 12.1 Å². The molecule has 0 saturated carbocycles. The van der Waals surface area contributed by atoms with Gasteiger partial charge in [-0.2, -0.15) is 4.98 Å². The average Bonchev–Trinajstić information content (AvgIpc) is 2.99. The lowest BCUT2D eigenvalue weighted by atomic mass is 10.0. The third kappa shape index (κ3) is 1.98. The van der Waals surface area contributed by atoms with Gasteiger partial charge >= 0.3 is 0 Å². The van der Waals surface area contributed by atoms with Crippen molar-refractivity contribution in [1.82, 2.24) is 20.4 Å². The molecule has 6 nitrogen and oxygen atoms in total. The van der Waals surface area contributed by atoms with E-state index in [0.717, 1.165) is 6.54 Å². The van der Waals surface area contributed by atoms with Crippen LogP contribution >= 0.6 is 11.6 Å². The number of aromatic nitrogens is 3. The molecule has 0 aromatic carbocycles. The molecule has 0 radical (unpaired) electrons. The second-order valence-electron chi connectivity index (χ2n) is 4.24. The van der Waals surface area contributed by atoms with Gasteiger partial charge in [0.15, 0.2) is 5.60 Å². The number of rotatable bonds is 2. The molecule has 18 heavy (non-hydrogen) atoms. The Labute approximate surface area is 108 Å². The number of nitrogens with one attached hydrogen (secondary N) is 1. The summed E-state index contributed by atoms with van der Waals surface area (Å²) in [6.45, 7) is 1.15. The maximum atomic E-state index is 10.3. The molecule has 3 heterocycles. The van der Waals surface area contributed by atoms with Gasteiger partial charge in [0, 0.05) is 12.7 Å². The smallest absolute Gasteiger partial charge is 0.260 e. The van der Waals surface area contributed by atoms with Crippen LogP contribution in [0.25, 0.3) is 11.5 Å². The van der Waals surface area contributed by atoms with Crippen LogP contribution in [0.3, 0.4) is 0 Å². The van der Waals surface area contributed by atoms with Gasteiger partial charge in [-0.25, -0.2) is 0 Å². The molecule has 2 N–H and O–H groups in total. The molecule has 1 aliphatic heterocycles. The fourth-order valence-electron chi connectivity index (χ4n) is 1.89. The first-order chi connectivity index (χ1) is 8.67. The molecular formula is C11H11ClN4O2. The van der Waals surface area contributed by atoms with Crippen LogP contribution in [-0.4, -0.2) is 33.3 Å². The highest BCUT2D eigenvalue weighted by atomic mass is 35.5. The van der Waals surface area contributed by atoms with E-state index in [2.05, 4.69) is 20.4 Å². The lowest BCUT2D eigenvalue weighted by molar-refractivity contribution is 0.0243. The Bertz CT molecular complexity index is 548. The molecule has 2 aromatic rings. The van der Waals surface area contributed by atoms with E-state index < -0.39 is 5.60 Å². The van der Waals surface area contributed by atoms with Gasteiger partial charge in [0.1, 0.15) is 5.69 Å². The van der Waals surface area contributed by atoms with Crippen LogP contribution in [0.2, 0.25) is 5.02 Å². The summed E-state index contributed by atoms with van der Waals surface area (Å²) in [6.07, 6.45) is 2.07. The van der Waals surface area contributed by atoms with Crippen LogP contribution < -0.4 is 5.32 Å². The fraction of sp³-hybridized carbons (Fsp3) is 0.364. The molecule has 0 bridgehead atoms. The highest BCUT2D eigenvalue weighted by Gasteiger charge is 2.38. The van der Waals surface area contributed by atoms with Crippen molar-refractivity contribution in [3.8, 4) is 11.5 Å². The molecular weight excluding hydrogens is 256 g/mol. The van der Waals surface area contributed by atoms with Gasteiger partial charge in [0.25, 0.3) is 5.89 Å². The van der Waals surface area contributed by atoms with Crippen molar-refractivity contribution in [1.29, 1.82) is 0 Å². The Hall–Kier alpha value is -1.50. The Morgan fingerprint density at radius 3 is 3.00 bits per heavy atom. The minimum Gasteiger partial charge on any atom is -0.379 e. The largest absolute Gasteiger partial charge is 0.379 e. The first-order valence-corrected chi connectivity index (χ1v) is 5.94. The molecule has 1 fully saturated rings. The van der Waals surface area contributed by atoms with Crippen molar-refractivity contribution in [3.63, 3.8) is 0 Å². The van der Waals surface area contributed by atoms with Crippen molar-refractivity contribution in [2.45, 2.75) is 12.0 Å². The van der Waals surface area contributed by atoms with E-state index >= 15 is 0 Å². The molecule has 0 spiro atoms. The maximum absolute atomic E-state index is 10.3. The summed E-state index contributed by atoms with van der Waals surface area (Å²) in [5.74, 6) is 0.571. The first kappa shape index (κ1) is 11.6. The van der Waals surface area contributed by atoms with E-state index in [9.17, 15) is 5.11 Å².